The van der Waals surface area contributed by atoms with Gasteiger partial charge in [-0.25, -0.2) is 9.98 Å². The van der Waals surface area contributed by atoms with Gasteiger partial charge in [-0.1, -0.05) is 48.2 Å². The molecule has 0 aliphatic carbocycles. The number of oxazole rings is 1. The van der Waals surface area contributed by atoms with Gasteiger partial charge in [0, 0.05) is 36.3 Å². The number of aromatic nitrogens is 2. The molecule has 0 spiro atoms. The number of fused-ring (bicyclic) bond motifs is 1. The van der Waals surface area contributed by atoms with Gasteiger partial charge in [0.25, 0.3) is 11.1 Å². The summed E-state index contributed by atoms with van der Waals surface area (Å²) in [7, 11) is 0. The molecule has 0 radical (unpaired) electrons. The van der Waals surface area contributed by atoms with Gasteiger partial charge in [0.1, 0.15) is 5.52 Å². The minimum Gasteiger partial charge on any atom is -0.431 e. The number of rotatable bonds is 6. The zero-order chi connectivity index (χ0) is 19.2. The zero-order valence-corrected chi connectivity index (χ0v) is 15.8. The predicted octanol–water partition coefficient (Wildman–Crippen LogP) is 4.97. The molecule has 0 N–H and O–H groups in total. The first-order valence-electron chi connectivity index (χ1n) is 8.81. The molecule has 5 nitrogen and oxygen atoms in total. The number of thioether (sulfide) groups is 1. The van der Waals surface area contributed by atoms with Crippen molar-refractivity contribution in [3.8, 4) is 0 Å². The molecular weight excluding hydrogens is 370 g/mol. The third-order valence-corrected chi connectivity index (χ3v) is 5.02. The van der Waals surface area contributed by atoms with Crippen LogP contribution >= 0.6 is 11.8 Å². The van der Waals surface area contributed by atoms with Crippen LogP contribution in [0.2, 0.25) is 0 Å². The molecule has 0 bridgehead atoms. The van der Waals surface area contributed by atoms with Gasteiger partial charge in [-0.2, -0.15) is 0 Å². The maximum absolute atomic E-state index is 11.9. The van der Waals surface area contributed by atoms with E-state index in [1.54, 1.807) is 42.5 Å². The molecule has 6 heteroatoms. The smallest absolute Gasteiger partial charge is 0.276 e. The SMILES string of the molecule is O=C(N=CCc1ccc(CSc2nc3ccccc3o2)cc1)c1ccncc1. The van der Waals surface area contributed by atoms with Crippen molar-refractivity contribution in [1.29, 1.82) is 0 Å². The van der Waals surface area contributed by atoms with Gasteiger partial charge in [0.2, 0.25) is 0 Å². The van der Waals surface area contributed by atoms with Crippen LogP contribution < -0.4 is 0 Å². The van der Waals surface area contributed by atoms with Crippen molar-refractivity contribution in [3.05, 3.63) is 89.7 Å². The van der Waals surface area contributed by atoms with Crippen molar-refractivity contribution in [2.24, 2.45) is 4.99 Å². The minimum absolute atomic E-state index is 0.256. The molecule has 0 saturated heterocycles. The summed E-state index contributed by atoms with van der Waals surface area (Å²) in [4.78, 5) is 24.3. The van der Waals surface area contributed by atoms with Crippen LogP contribution in [0.25, 0.3) is 11.1 Å². The number of hydrogen-bond acceptors (Lipinski definition) is 5. The average molecular weight is 387 g/mol. The van der Waals surface area contributed by atoms with Crippen LogP contribution in [0.15, 0.2) is 87.7 Å². The molecular formula is C22H17N3O2S. The van der Waals surface area contributed by atoms with Gasteiger partial charge in [-0.15, -0.1) is 0 Å². The Morgan fingerprint density at radius 2 is 1.75 bits per heavy atom. The highest BCUT2D eigenvalue weighted by atomic mass is 32.2. The van der Waals surface area contributed by atoms with Crippen LogP contribution in [0.5, 0.6) is 0 Å². The maximum atomic E-state index is 11.9. The lowest BCUT2D eigenvalue weighted by atomic mass is 10.1. The summed E-state index contributed by atoms with van der Waals surface area (Å²) < 4.78 is 5.72. The topological polar surface area (TPSA) is 68.3 Å². The Kier molecular flexibility index (Phi) is 5.58. The number of carbonyl (C=O) groups is 1. The molecule has 2 heterocycles. The Balaban J connectivity index is 1.31. The second-order valence-electron chi connectivity index (χ2n) is 6.11. The summed E-state index contributed by atoms with van der Waals surface area (Å²) in [5.41, 5.74) is 4.50. The van der Waals surface area contributed by atoms with Crippen LogP contribution in [0.4, 0.5) is 0 Å². The molecule has 0 atom stereocenters. The van der Waals surface area contributed by atoms with E-state index in [4.69, 9.17) is 4.42 Å². The second-order valence-corrected chi connectivity index (χ2v) is 7.04. The van der Waals surface area contributed by atoms with Crippen LogP contribution in [0.3, 0.4) is 0 Å². The molecule has 1 amide bonds. The first kappa shape index (κ1) is 18.1. The minimum atomic E-state index is -0.256. The fourth-order valence-corrected chi connectivity index (χ4v) is 3.43. The van der Waals surface area contributed by atoms with Gasteiger partial charge in [0.15, 0.2) is 5.58 Å². The predicted molar refractivity (Wildman–Crippen MR) is 111 cm³/mol. The standard InChI is InChI=1S/C22H17N3O2S/c26-21(18-10-12-23-13-11-18)24-14-9-16-5-7-17(8-6-16)15-28-22-25-19-3-1-2-4-20(19)27-22/h1-8,10-14H,9,15H2. The number of nitrogens with zero attached hydrogens (tertiary/aromatic N) is 3. The largest absolute Gasteiger partial charge is 0.431 e. The summed E-state index contributed by atoms with van der Waals surface area (Å²) in [6.45, 7) is 0. The number of pyridine rings is 1. The van der Waals surface area contributed by atoms with Crippen molar-refractivity contribution in [2.45, 2.75) is 17.4 Å². The number of benzene rings is 2. The Labute approximate surface area is 166 Å². The number of amides is 1. The van der Waals surface area contributed by atoms with Crippen LogP contribution in [0.1, 0.15) is 21.5 Å². The van der Waals surface area contributed by atoms with E-state index in [-0.39, 0.29) is 5.91 Å². The van der Waals surface area contributed by atoms with Crippen molar-refractivity contribution in [3.63, 3.8) is 0 Å². The van der Waals surface area contributed by atoms with E-state index in [9.17, 15) is 4.79 Å². The summed E-state index contributed by atoms with van der Waals surface area (Å²) in [6, 6.07) is 19.3. The number of para-hydroxylation sites is 2. The molecule has 0 unspecified atom stereocenters. The zero-order valence-electron chi connectivity index (χ0n) is 15.0. The third-order valence-electron chi connectivity index (χ3n) is 4.12. The molecule has 28 heavy (non-hydrogen) atoms. The quantitative estimate of drug-likeness (QED) is 0.345. The third kappa shape index (κ3) is 4.53. The number of aliphatic imine (C=N–C) groups is 1. The van der Waals surface area contributed by atoms with E-state index in [0.29, 0.717) is 17.2 Å². The molecule has 0 aliphatic rings. The Hall–Kier alpha value is -3.25. The van der Waals surface area contributed by atoms with Crippen molar-refractivity contribution in [2.75, 3.05) is 0 Å². The molecule has 2 aromatic carbocycles. The maximum Gasteiger partial charge on any atom is 0.276 e. The lowest BCUT2D eigenvalue weighted by Crippen LogP contribution is -1.96. The summed E-state index contributed by atoms with van der Waals surface area (Å²) in [5, 5.41) is 0.673. The lowest BCUT2D eigenvalue weighted by Gasteiger charge is -2.01. The molecule has 4 aromatic rings. The molecule has 2 aromatic heterocycles. The van der Waals surface area contributed by atoms with Crippen molar-refractivity contribution in [1.82, 2.24) is 9.97 Å². The fourth-order valence-electron chi connectivity index (χ4n) is 2.63. The van der Waals surface area contributed by atoms with E-state index in [0.717, 1.165) is 22.4 Å². The summed E-state index contributed by atoms with van der Waals surface area (Å²) in [6.07, 6.45) is 5.42. The molecule has 0 fully saturated rings. The van der Waals surface area contributed by atoms with Crippen LogP contribution in [-0.4, -0.2) is 22.1 Å². The molecule has 0 saturated carbocycles. The highest BCUT2D eigenvalue weighted by Gasteiger charge is 2.06. The highest BCUT2D eigenvalue weighted by molar-refractivity contribution is 7.98. The van der Waals surface area contributed by atoms with E-state index < -0.39 is 0 Å². The Bertz CT molecular complexity index is 1070. The first-order valence-corrected chi connectivity index (χ1v) is 9.79. The normalized spacial score (nSPS) is 11.3. The van der Waals surface area contributed by atoms with Crippen molar-refractivity contribution >= 4 is 35.0 Å². The van der Waals surface area contributed by atoms with E-state index in [2.05, 4.69) is 27.1 Å². The van der Waals surface area contributed by atoms with Gasteiger partial charge in [0.05, 0.1) is 0 Å². The first-order chi connectivity index (χ1) is 13.8. The van der Waals surface area contributed by atoms with Gasteiger partial charge < -0.3 is 4.42 Å². The fraction of sp³-hybridized carbons (Fsp3) is 0.0909. The second kappa shape index (κ2) is 8.63. The average Bonchev–Trinajstić information content (AvgIpc) is 3.17. The summed E-state index contributed by atoms with van der Waals surface area (Å²) >= 11 is 1.57. The summed E-state index contributed by atoms with van der Waals surface area (Å²) in [5.74, 6) is 0.524. The van der Waals surface area contributed by atoms with E-state index >= 15 is 0 Å². The van der Waals surface area contributed by atoms with Gasteiger partial charge >= 0.3 is 0 Å². The van der Waals surface area contributed by atoms with Crippen molar-refractivity contribution < 1.29 is 9.21 Å². The molecule has 0 aliphatic heterocycles. The monoisotopic (exact) mass is 387 g/mol. The van der Waals surface area contributed by atoms with Crippen LogP contribution in [0, 0.1) is 0 Å². The number of carbonyl (C=O) groups excluding carboxylic acids is 1. The molecule has 138 valence electrons. The lowest BCUT2D eigenvalue weighted by molar-refractivity contribution is 0.100. The van der Waals surface area contributed by atoms with E-state index in [1.165, 1.54) is 5.56 Å². The Morgan fingerprint density at radius 3 is 2.54 bits per heavy atom. The number of hydrogen-bond donors (Lipinski definition) is 0. The molecule has 4 rings (SSSR count). The highest BCUT2D eigenvalue weighted by Crippen LogP contribution is 2.26. The Morgan fingerprint density at radius 1 is 1.00 bits per heavy atom. The van der Waals surface area contributed by atoms with Gasteiger partial charge in [-0.05, 0) is 35.4 Å². The van der Waals surface area contributed by atoms with Gasteiger partial charge in [-0.3, -0.25) is 9.78 Å². The van der Waals surface area contributed by atoms with Crippen LogP contribution in [-0.2, 0) is 12.2 Å². The van der Waals surface area contributed by atoms with E-state index in [1.807, 2.05) is 36.4 Å².